The van der Waals surface area contributed by atoms with Crippen molar-refractivity contribution in [3.05, 3.63) is 54.3 Å². The number of amides is 1. The van der Waals surface area contributed by atoms with Crippen LogP contribution >= 0.6 is 11.8 Å². The van der Waals surface area contributed by atoms with Gasteiger partial charge in [-0.1, -0.05) is 11.8 Å². The number of nitrogens with zero attached hydrogens (tertiary/aromatic N) is 1. The van der Waals surface area contributed by atoms with Crippen molar-refractivity contribution < 1.29 is 18.7 Å². The zero-order chi connectivity index (χ0) is 22.1. The molecule has 31 heavy (non-hydrogen) atoms. The van der Waals surface area contributed by atoms with Gasteiger partial charge in [0.25, 0.3) is 0 Å². The highest BCUT2D eigenvalue weighted by Crippen LogP contribution is 2.33. The van der Waals surface area contributed by atoms with E-state index < -0.39 is 0 Å². The van der Waals surface area contributed by atoms with Crippen molar-refractivity contribution in [2.24, 2.45) is 0 Å². The van der Waals surface area contributed by atoms with Gasteiger partial charge in [0.2, 0.25) is 5.91 Å². The van der Waals surface area contributed by atoms with Crippen molar-refractivity contribution in [1.82, 2.24) is 15.3 Å². The number of imidazole rings is 1. The molecule has 2 aromatic carbocycles. The number of carbonyl (C=O) groups is 1. The molecule has 8 heteroatoms. The van der Waals surface area contributed by atoms with E-state index in [0.29, 0.717) is 30.6 Å². The first kappa shape index (κ1) is 22.8. The first-order chi connectivity index (χ1) is 15.1. The van der Waals surface area contributed by atoms with Crippen LogP contribution < -0.4 is 10.1 Å². The van der Waals surface area contributed by atoms with E-state index in [-0.39, 0.29) is 17.5 Å². The van der Waals surface area contributed by atoms with E-state index >= 15 is 0 Å². The fraction of sp³-hybridized carbons (Fsp3) is 0.304. The Balaban J connectivity index is 1.79. The molecule has 0 radical (unpaired) electrons. The Bertz CT molecular complexity index is 975. The molecular formula is C23H26FN3O3S. The second-order valence-electron chi connectivity index (χ2n) is 6.71. The zero-order valence-electron chi connectivity index (χ0n) is 17.6. The number of rotatable bonds is 11. The minimum atomic E-state index is -0.306. The number of hydrogen-bond donors (Lipinski definition) is 2. The fourth-order valence-electron chi connectivity index (χ4n) is 2.92. The number of aromatic nitrogens is 2. The average molecular weight is 444 g/mol. The predicted molar refractivity (Wildman–Crippen MR) is 121 cm³/mol. The van der Waals surface area contributed by atoms with Gasteiger partial charge < -0.3 is 19.8 Å². The van der Waals surface area contributed by atoms with Crippen LogP contribution in [0.15, 0.2) is 53.6 Å². The van der Waals surface area contributed by atoms with Crippen LogP contribution in [0.4, 0.5) is 4.39 Å². The van der Waals surface area contributed by atoms with Crippen LogP contribution in [-0.2, 0) is 9.53 Å². The van der Waals surface area contributed by atoms with Gasteiger partial charge >= 0.3 is 0 Å². The summed E-state index contributed by atoms with van der Waals surface area (Å²) in [6, 6.07) is 13.8. The van der Waals surface area contributed by atoms with E-state index in [2.05, 4.69) is 10.3 Å². The zero-order valence-corrected chi connectivity index (χ0v) is 18.4. The van der Waals surface area contributed by atoms with E-state index in [4.69, 9.17) is 14.5 Å². The Kier molecular flexibility index (Phi) is 8.49. The number of H-pyrrole nitrogens is 1. The topological polar surface area (TPSA) is 76.2 Å². The lowest BCUT2D eigenvalue weighted by Crippen LogP contribution is -2.26. The van der Waals surface area contributed by atoms with Crippen molar-refractivity contribution in [2.45, 2.75) is 18.4 Å². The second-order valence-corrected chi connectivity index (χ2v) is 7.68. The van der Waals surface area contributed by atoms with Crippen LogP contribution in [0.3, 0.4) is 0 Å². The molecule has 3 rings (SSSR count). The summed E-state index contributed by atoms with van der Waals surface area (Å²) in [4.78, 5) is 20.2. The number of benzene rings is 2. The minimum Gasteiger partial charge on any atom is -0.494 e. The first-order valence-corrected chi connectivity index (χ1v) is 11.1. The van der Waals surface area contributed by atoms with Crippen LogP contribution in [-0.4, -0.2) is 48.5 Å². The third kappa shape index (κ3) is 6.57. The molecule has 2 N–H and O–H groups in total. The Morgan fingerprint density at radius 3 is 2.52 bits per heavy atom. The van der Waals surface area contributed by atoms with Crippen LogP contribution in [0.2, 0.25) is 0 Å². The molecule has 3 aromatic rings. The lowest BCUT2D eigenvalue weighted by molar-refractivity contribution is -0.118. The molecule has 0 atom stereocenters. The van der Waals surface area contributed by atoms with Crippen LogP contribution in [0, 0.1) is 5.82 Å². The largest absolute Gasteiger partial charge is 0.494 e. The first-order valence-electron chi connectivity index (χ1n) is 10.1. The quantitative estimate of drug-likeness (QED) is 0.336. The third-order valence-corrected chi connectivity index (χ3v) is 5.41. The number of halogens is 1. The number of carbonyl (C=O) groups excluding carboxylic acids is 1. The van der Waals surface area contributed by atoms with Crippen molar-refractivity contribution in [3.63, 3.8) is 0 Å². The molecule has 0 unspecified atom stereocenters. The summed E-state index contributed by atoms with van der Waals surface area (Å²) in [5, 5.41) is 3.55. The van der Waals surface area contributed by atoms with Crippen molar-refractivity contribution in [1.29, 1.82) is 0 Å². The van der Waals surface area contributed by atoms with E-state index in [9.17, 15) is 9.18 Å². The third-order valence-electron chi connectivity index (χ3n) is 4.43. The van der Waals surface area contributed by atoms with Crippen molar-refractivity contribution >= 4 is 17.7 Å². The summed E-state index contributed by atoms with van der Waals surface area (Å²) >= 11 is 1.34. The van der Waals surface area contributed by atoms with Gasteiger partial charge in [0.05, 0.1) is 18.1 Å². The van der Waals surface area contributed by atoms with E-state index in [0.717, 1.165) is 29.0 Å². The summed E-state index contributed by atoms with van der Waals surface area (Å²) in [5.41, 5.74) is 2.44. The Labute approximate surface area is 185 Å². The maximum Gasteiger partial charge on any atom is 0.230 e. The van der Waals surface area contributed by atoms with Crippen LogP contribution in [0.25, 0.3) is 22.6 Å². The molecule has 0 spiro atoms. The lowest BCUT2D eigenvalue weighted by Gasteiger charge is -2.05. The Morgan fingerprint density at radius 1 is 1.13 bits per heavy atom. The molecule has 0 saturated heterocycles. The summed E-state index contributed by atoms with van der Waals surface area (Å²) < 4.78 is 23.9. The van der Waals surface area contributed by atoms with Gasteiger partial charge in [-0.05, 0) is 61.9 Å². The van der Waals surface area contributed by atoms with Crippen LogP contribution in [0.1, 0.15) is 13.3 Å². The lowest BCUT2D eigenvalue weighted by atomic mass is 10.2. The van der Waals surface area contributed by atoms with Crippen molar-refractivity contribution in [3.8, 4) is 28.4 Å². The summed E-state index contributed by atoms with van der Waals surface area (Å²) in [7, 11) is 1.63. The summed E-state index contributed by atoms with van der Waals surface area (Å²) in [6.07, 6.45) is 0.762. The number of thioether (sulfide) groups is 1. The number of ether oxygens (including phenoxy) is 2. The average Bonchev–Trinajstić information content (AvgIpc) is 3.21. The van der Waals surface area contributed by atoms with E-state index in [1.807, 2.05) is 31.2 Å². The molecule has 0 saturated carbocycles. The molecule has 0 aliphatic rings. The molecule has 1 amide bonds. The highest BCUT2D eigenvalue weighted by atomic mass is 32.2. The van der Waals surface area contributed by atoms with Gasteiger partial charge in [-0.15, -0.1) is 0 Å². The molecule has 1 heterocycles. The van der Waals surface area contributed by atoms with Gasteiger partial charge in [0.1, 0.15) is 22.4 Å². The predicted octanol–water partition coefficient (Wildman–Crippen LogP) is 4.53. The molecule has 0 bridgehead atoms. The Hall–Kier alpha value is -2.84. The molecule has 0 aliphatic heterocycles. The van der Waals surface area contributed by atoms with Crippen LogP contribution in [0.5, 0.6) is 5.75 Å². The van der Waals surface area contributed by atoms with E-state index in [1.54, 1.807) is 19.2 Å². The molecule has 0 aliphatic carbocycles. The second kappa shape index (κ2) is 11.5. The smallest absolute Gasteiger partial charge is 0.230 e. The highest BCUT2D eigenvalue weighted by molar-refractivity contribution is 8.00. The molecule has 164 valence electrons. The fourth-order valence-corrected chi connectivity index (χ4v) is 3.75. The number of hydrogen-bond acceptors (Lipinski definition) is 5. The van der Waals surface area contributed by atoms with Gasteiger partial charge in [-0.2, -0.15) is 0 Å². The minimum absolute atomic E-state index is 0.0724. The van der Waals surface area contributed by atoms with Crippen molar-refractivity contribution in [2.75, 3.05) is 32.6 Å². The van der Waals surface area contributed by atoms with Gasteiger partial charge in [-0.3, -0.25) is 4.79 Å². The van der Waals surface area contributed by atoms with Gasteiger partial charge in [0.15, 0.2) is 0 Å². The maximum atomic E-state index is 13.4. The Morgan fingerprint density at radius 2 is 1.84 bits per heavy atom. The van der Waals surface area contributed by atoms with E-state index in [1.165, 1.54) is 23.9 Å². The van der Waals surface area contributed by atoms with Gasteiger partial charge in [0, 0.05) is 31.4 Å². The summed E-state index contributed by atoms with van der Waals surface area (Å²) in [5.74, 6) is 1.31. The van der Waals surface area contributed by atoms with Gasteiger partial charge in [-0.25, -0.2) is 9.37 Å². The number of nitrogens with one attached hydrogen (secondary N) is 2. The molecule has 6 nitrogen and oxygen atoms in total. The molecule has 0 fully saturated rings. The SMILES string of the molecule is CCOc1ccc(-c2nc(SCC(=O)NCCCOC)c(-c3ccc(F)cc3)[nH]2)cc1. The highest BCUT2D eigenvalue weighted by Gasteiger charge is 2.16. The summed E-state index contributed by atoms with van der Waals surface area (Å²) in [6.45, 7) is 3.71. The normalized spacial score (nSPS) is 10.8. The number of aromatic amines is 1. The number of methoxy groups -OCH3 is 1. The monoisotopic (exact) mass is 443 g/mol. The maximum absolute atomic E-state index is 13.4. The molecule has 1 aromatic heterocycles. The molecular weight excluding hydrogens is 417 g/mol. The standard InChI is InChI=1S/C23H26FN3O3S/c1-3-30-19-11-7-17(8-12-19)22-26-21(16-5-9-18(24)10-6-16)23(27-22)31-15-20(28)25-13-4-14-29-2/h5-12H,3-4,13-15H2,1-2H3,(H,25,28)(H,26,27).